The average Bonchev–Trinajstić information content (AvgIpc) is 2.94. The van der Waals surface area contributed by atoms with Gasteiger partial charge in [0.05, 0.1) is 0 Å². The van der Waals surface area contributed by atoms with E-state index in [0.29, 0.717) is 0 Å². The fourth-order valence-corrected chi connectivity index (χ4v) is 4.83. The Balaban J connectivity index is 1.59. The standard InChI is InChI=1S/C26H5F9N2O4/c27-10-5-11(28)15(30)21(14(10)29)36-23(38)6-1-3-8-13-9(4-2-7(12(6)13)24(36)39)26(41)37(25(8)40)22-19(34)17(32)16(31)18(33)20(22)35/h1-5H. The number of imide groups is 2. The van der Waals surface area contributed by atoms with Gasteiger partial charge in [0.1, 0.15) is 11.4 Å². The number of benzene rings is 4. The molecule has 2 aliphatic heterocycles. The lowest BCUT2D eigenvalue weighted by molar-refractivity contribution is 0.0870. The second-order valence-electron chi connectivity index (χ2n) is 8.70. The second kappa shape index (κ2) is 8.39. The Morgan fingerprint density at radius 1 is 0.390 bits per heavy atom. The molecule has 0 atom stereocenters. The molecular formula is C26H5F9N2O4. The monoisotopic (exact) mass is 580 g/mol. The van der Waals surface area contributed by atoms with Gasteiger partial charge < -0.3 is 0 Å². The number of rotatable bonds is 2. The first-order chi connectivity index (χ1) is 19.3. The van der Waals surface area contributed by atoms with E-state index in [1.165, 1.54) is 0 Å². The van der Waals surface area contributed by atoms with Gasteiger partial charge in [0, 0.05) is 39.1 Å². The number of amides is 4. The Hall–Kier alpha value is -5.21. The maximum atomic E-state index is 14.5. The molecule has 0 bridgehead atoms. The number of nitrogens with zero attached hydrogens (tertiary/aromatic N) is 2. The lowest BCUT2D eigenvalue weighted by Gasteiger charge is -2.32. The third-order valence-electron chi connectivity index (χ3n) is 6.62. The lowest BCUT2D eigenvalue weighted by Crippen LogP contribution is -2.44. The maximum Gasteiger partial charge on any atom is 0.266 e. The first-order valence-electron chi connectivity index (χ1n) is 11.0. The van der Waals surface area contributed by atoms with Crippen LogP contribution >= 0.6 is 0 Å². The Labute approximate surface area is 219 Å². The van der Waals surface area contributed by atoms with Crippen LogP contribution in [0.15, 0.2) is 30.3 Å². The van der Waals surface area contributed by atoms with Crippen molar-refractivity contribution in [2.75, 3.05) is 9.80 Å². The molecule has 0 aliphatic carbocycles. The molecule has 0 N–H and O–H groups in total. The summed E-state index contributed by atoms with van der Waals surface area (Å²) in [6.07, 6.45) is 0. The predicted octanol–water partition coefficient (Wildman–Crippen LogP) is 5.69. The molecule has 4 aromatic rings. The number of anilines is 2. The molecule has 0 fully saturated rings. The van der Waals surface area contributed by atoms with Crippen LogP contribution in [0.1, 0.15) is 41.4 Å². The van der Waals surface area contributed by atoms with Crippen molar-refractivity contribution in [3.8, 4) is 0 Å². The van der Waals surface area contributed by atoms with E-state index in [-0.39, 0.29) is 15.9 Å². The minimum Gasteiger partial charge on any atom is -0.268 e. The van der Waals surface area contributed by atoms with Gasteiger partial charge in [0.2, 0.25) is 5.82 Å². The summed E-state index contributed by atoms with van der Waals surface area (Å²) in [5, 5.41) is -0.925. The summed E-state index contributed by atoms with van der Waals surface area (Å²) < 4.78 is 127. The third-order valence-corrected chi connectivity index (χ3v) is 6.62. The van der Waals surface area contributed by atoms with Gasteiger partial charge in [-0.3, -0.25) is 19.2 Å². The Morgan fingerprint density at radius 3 is 0.976 bits per heavy atom. The molecule has 6 rings (SSSR count). The zero-order valence-corrected chi connectivity index (χ0v) is 19.3. The molecule has 0 spiro atoms. The first kappa shape index (κ1) is 26.0. The van der Waals surface area contributed by atoms with Crippen molar-refractivity contribution in [2.45, 2.75) is 0 Å². The van der Waals surface area contributed by atoms with Crippen LogP contribution in [0.5, 0.6) is 0 Å². The van der Waals surface area contributed by atoms with Crippen molar-refractivity contribution < 1.29 is 58.7 Å². The summed E-state index contributed by atoms with van der Waals surface area (Å²) in [5.41, 5.74) is -6.00. The highest BCUT2D eigenvalue weighted by Gasteiger charge is 2.44. The predicted molar refractivity (Wildman–Crippen MR) is 119 cm³/mol. The molecule has 15 heteroatoms. The maximum absolute atomic E-state index is 14.5. The highest BCUT2D eigenvalue weighted by molar-refractivity contribution is 6.42. The largest absolute Gasteiger partial charge is 0.268 e. The van der Waals surface area contributed by atoms with Crippen molar-refractivity contribution in [3.05, 3.63) is 105 Å². The fraction of sp³-hybridized carbons (Fsp3) is 0. The Morgan fingerprint density at radius 2 is 0.659 bits per heavy atom. The van der Waals surface area contributed by atoms with Crippen molar-refractivity contribution in [1.29, 1.82) is 0 Å². The normalized spacial score (nSPS) is 14.6. The summed E-state index contributed by atoms with van der Waals surface area (Å²) in [5.74, 6) is -26.7. The Bertz CT molecular complexity index is 1870. The van der Waals surface area contributed by atoms with Crippen LogP contribution in [-0.2, 0) is 0 Å². The molecular weight excluding hydrogens is 575 g/mol. The summed E-state index contributed by atoms with van der Waals surface area (Å²) in [7, 11) is 0. The van der Waals surface area contributed by atoms with Gasteiger partial charge in [-0.2, -0.15) is 0 Å². The second-order valence-corrected chi connectivity index (χ2v) is 8.70. The molecule has 41 heavy (non-hydrogen) atoms. The zero-order chi connectivity index (χ0) is 29.8. The summed E-state index contributed by atoms with van der Waals surface area (Å²) in [6.45, 7) is 0. The molecule has 6 nitrogen and oxygen atoms in total. The van der Waals surface area contributed by atoms with Gasteiger partial charge in [-0.25, -0.2) is 49.3 Å². The molecule has 2 aliphatic rings. The van der Waals surface area contributed by atoms with Gasteiger partial charge in [-0.1, -0.05) is 0 Å². The molecule has 0 aromatic heterocycles. The van der Waals surface area contributed by atoms with E-state index in [2.05, 4.69) is 0 Å². The van der Waals surface area contributed by atoms with E-state index in [4.69, 9.17) is 0 Å². The smallest absolute Gasteiger partial charge is 0.266 e. The van der Waals surface area contributed by atoms with Crippen LogP contribution in [0.4, 0.5) is 50.9 Å². The minimum atomic E-state index is -2.55. The van der Waals surface area contributed by atoms with E-state index in [1.807, 2.05) is 0 Å². The molecule has 0 unspecified atom stereocenters. The van der Waals surface area contributed by atoms with Crippen LogP contribution in [-0.4, -0.2) is 23.6 Å². The van der Waals surface area contributed by atoms with Crippen LogP contribution in [0.25, 0.3) is 10.8 Å². The van der Waals surface area contributed by atoms with Gasteiger partial charge in [-0.05, 0) is 24.3 Å². The number of carbonyl (C=O) groups is 4. The van der Waals surface area contributed by atoms with Gasteiger partial charge in [0.25, 0.3) is 23.6 Å². The SMILES string of the molecule is O=C1c2ccc3c4c(ccc(c24)C(=O)N1c1c(F)c(F)cc(F)c1F)C(=O)N(c1c(F)c(F)c(F)c(F)c1F)C3=O. The van der Waals surface area contributed by atoms with E-state index in [9.17, 15) is 58.7 Å². The van der Waals surface area contributed by atoms with Crippen LogP contribution in [0.2, 0.25) is 0 Å². The Kier molecular flexibility index (Phi) is 5.33. The van der Waals surface area contributed by atoms with Crippen molar-refractivity contribution in [3.63, 3.8) is 0 Å². The summed E-state index contributed by atoms with van der Waals surface area (Å²) in [4.78, 5) is 52.5. The highest BCUT2D eigenvalue weighted by atomic mass is 19.2. The van der Waals surface area contributed by atoms with Crippen LogP contribution < -0.4 is 9.80 Å². The molecule has 0 saturated carbocycles. The van der Waals surface area contributed by atoms with E-state index in [0.717, 1.165) is 24.3 Å². The molecule has 0 radical (unpaired) electrons. The van der Waals surface area contributed by atoms with Gasteiger partial charge in [-0.15, -0.1) is 0 Å². The van der Waals surface area contributed by atoms with Crippen molar-refractivity contribution in [2.24, 2.45) is 0 Å². The topological polar surface area (TPSA) is 74.8 Å². The number of hydrogen-bond acceptors (Lipinski definition) is 4. The fourth-order valence-electron chi connectivity index (χ4n) is 4.83. The number of halogens is 9. The van der Waals surface area contributed by atoms with E-state index < -0.39 is 120 Å². The molecule has 4 aromatic carbocycles. The van der Waals surface area contributed by atoms with Crippen molar-refractivity contribution in [1.82, 2.24) is 0 Å². The van der Waals surface area contributed by atoms with Gasteiger partial charge >= 0.3 is 0 Å². The van der Waals surface area contributed by atoms with Crippen LogP contribution in [0.3, 0.4) is 0 Å². The molecule has 206 valence electrons. The summed E-state index contributed by atoms with van der Waals surface area (Å²) in [6, 6.07) is 3.00. The number of hydrogen-bond donors (Lipinski definition) is 0. The van der Waals surface area contributed by atoms with Crippen LogP contribution in [0, 0.1) is 52.4 Å². The third kappa shape index (κ3) is 3.16. The average molecular weight is 580 g/mol. The molecule has 4 amide bonds. The highest BCUT2D eigenvalue weighted by Crippen LogP contribution is 2.42. The van der Waals surface area contributed by atoms with Crippen molar-refractivity contribution >= 4 is 45.8 Å². The summed E-state index contributed by atoms with van der Waals surface area (Å²) >= 11 is 0. The molecule has 2 heterocycles. The minimum absolute atomic E-state index is 0.153. The zero-order valence-electron chi connectivity index (χ0n) is 19.3. The quantitative estimate of drug-likeness (QED) is 0.132. The lowest BCUT2D eigenvalue weighted by atomic mass is 9.85. The first-order valence-corrected chi connectivity index (χ1v) is 11.0. The van der Waals surface area contributed by atoms with Gasteiger partial charge in [0.15, 0.2) is 46.5 Å². The van der Waals surface area contributed by atoms with E-state index >= 15 is 0 Å². The number of carbonyl (C=O) groups excluding carboxylic acids is 4. The molecule has 0 saturated heterocycles. The van der Waals surface area contributed by atoms with E-state index in [1.54, 1.807) is 0 Å².